The first-order valence-electron chi connectivity index (χ1n) is 15.1. The van der Waals surface area contributed by atoms with Gasteiger partial charge >= 0.3 is 11.5 Å². The lowest BCUT2D eigenvalue weighted by atomic mass is 10.1. The van der Waals surface area contributed by atoms with Crippen LogP contribution < -0.4 is 0 Å². The molecule has 0 aliphatic rings. The third-order valence-electron chi connectivity index (χ3n) is 6.82. The molecule has 3 atom stereocenters. The molecule has 0 aromatic rings. The Morgan fingerprint density at radius 3 is 1.76 bits per heavy atom. The van der Waals surface area contributed by atoms with Crippen LogP contribution in [0.25, 0.3) is 0 Å². The number of aliphatic hydroxyl groups is 1. The first-order valence-corrected chi connectivity index (χ1v) is 16.9. The van der Waals surface area contributed by atoms with Crippen molar-refractivity contribution in [2.45, 2.75) is 160 Å². The number of aliphatic carboxylic acids is 1. The zero-order valence-corrected chi connectivity index (χ0v) is 25.8. The van der Waals surface area contributed by atoms with Gasteiger partial charge in [-0.15, -0.1) is 0 Å². The van der Waals surface area contributed by atoms with Gasteiger partial charge in [0, 0.05) is 11.9 Å². The number of carboxylic acids is 1. The average Bonchev–Trinajstić information content (AvgIpc) is 2.89. The summed E-state index contributed by atoms with van der Waals surface area (Å²) in [4.78, 5) is 10.9. The highest BCUT2D eigenvalue weighted by Gasteiger charge is 2.38. The van der Waals surface area contributed by atoms with Crippen LogP contribution in [0.1, 0.15) is 143 Å². The van der Waals surface area contributed by atoms with E-state index in [1.54, 1.807) is 0 Å². The second-order valence-corrected chi connectivity index (χ2v) is 12.4. The first kappa shape index (κ1) is 36.8. The molecule has 0 fully saturated rings. The summed E-state index contributed by atoms with van der Waals surface area (Å²) in [5.74, 6) is -0.487. The molecule has 3 unspecified atom stereocenters. The molecular weight excluding hydrogens is 507 g/mol. The number of carboxylic acid groups (broad SMARTS) is 1. The van der Waals surface area contributed by atoms with Gasteiger partial charge in [-0.05, 0) is 31.9 Å². The van der Waals surface area contributed by atoms with Gasteiger partial charge in [0.05, 0.1) is 12.7 Å². The van der Waals surface area contributed by atoms with Gasteiger partial charge in [0.15, 0.2) is 0 Å². The van der Waals surface area contributed by atoms with E-state index in [0.29, 0.717) is 18.3 Å². The topological polar surface area (TPSA) is 93.1 Å². The van der Waals surface area contributed by atoms with E-state index in [0.717, 1.165) is 6.42 Å². The van der Waals surface area contributed by atoms with Gasteiger partial charge in [-0.25, -0.2) is 4.79 Å². The Labute approximate surface area is 233 Å². The van der Waals surface area contributed by atoms with Crippen molar-refractivity contribution >= 4 is 26.2 Å². The second kappa shape index (κ2) is 26.0. The minimum absolute atomic E-state index is 0.0288. The van der Waals surface area contributed by atoms with Crippen molar-refractivity contribution in [3.8, 4) is 0 Å². The van der Waals surface area contributed by atoms with Crippen molar-refractivity contribution < 1.29 is 29.0 Å². The Kier molecular flexibility index (Phi) is 25.9. The molecule has 0 spiro atoms. The average molecular weight is 565 g/mol. The van der Waals surface area contributed by atoms with Crippen LogP contribution in [0.2, 0.25) is 0 Å². The van der Waals surface area contributed by atoms with Crippen LogP contribution in [-0.4, -0.2) is 52.0 Å². The fraction of sp³-hybridized carbons (Fsp3) is 0.966. The number of carbonyl (C=O) groups is 1. The molecule has 0 radical (unpaired) electrons. The highest BCUT2D eigenvalue weighted by Crippen LogP contribution is 2.26. The molecular formula is C29H57O6PS. The van der Waals surface area contributed by atoms with Crippen LogP contribution in [0.5, 0.6) is 0 Å². The number of rotatable bonds is 29. The van der Waals surface area contributed by atoms with Crippen LogP contribution in [0.15, 0.2) is 0 Å². The predicted molar refractivity (Wildman–Crippen MR) is 157 cm³/mol. The lowest BCUT2D eigenvalue weighted by Crippen LogP contribution is -2.36. The highest BCUT2D eigenvalue weighted by molar-refractivity contribution is 7.99. The van der Waals surface area contributed by atoms with Crippen molar-refractivity contribution in [3.05, 3.63) is 0 Å². The standard InChI is InChI=1S/C29H57O6PS/c1-4-6-8-10-12-13-14-16-18-20-25-37-27(22-19-17-15-11-9-7-5-2)26(3)34-23-21-24-35-29(32,36-33)28(30)31/h26-27,32H,4-25H2,1-3H3,(H,30,31). The maximum atomic E-state index is 10.9. The molecule has 2 N–H and O–H groups in total. The number of thioether (sulfide) groups is 1. The van der Waals surface area contributed by atoms with Crippen molar-refractivity contribution in [2.75, 3.05) is 19.0 Å². The van der Waals surface area contributed by atoms with Gasteiger partial charge in [-0.1, -0.05) is 117 Å². The molecule has 37 heavy (non-hydrogen) atoms. The van der Waals surface area contributed by atoms with Gasteiger partial charge in [-0.2, -0.15) is 11.8 Å². The molecule has 0 amide bonds. The van der Waals surface area contributed by atoms with Crippen molar-refractivity contribution in [3.63, 3.8) is 0 Å². The summed E-state index contributed by atoms with van der Waals surface area (Å²) < 4.78 is 21.8. The van der Waals surface area contributed by atoms with E-state index in [4.69, 9.17) is 14.6 Å². The van der Waals surface area contributed by atoms with Crippen LogP contribution in [-0.2, 0) is 18.8 Å². The minimum atomic E-state index is -2.67. The molecule has 0 saturated carbocycles. The van der Waals surface area contributed by atoms with Gasteiger partial charge < -0.3 is 19.7 Å². The molecule has 0 aromatic heterocycles. The monoisotopic (exact) mass is 564 g/mol. The van der Waals surface area contributed by atoms with Gasteiger partial charge in [0.25, 0.3) is 0 Å². The summed E-state index contributed by atoms with van der Waals surface area (Å²) in [5.41, 5.74) is -2.67. The largest absolute Gasteiger partial charge is 0.477 e. The molecule has 0 bridgehead atoms. The number of hydrogen-bond donors (Lipinski definition) is 2. The maximum Gasteiger partial charge on any atom is 0.377 e. The van der Waals surface area contributed by atoms with E-state index in [1.807, 2.05) is 11.8 Å². The van der Waals surface area contributed by atoms with Gasteiger partial charge in [-0.3, -0.25) is 4.57 Å². The summed E-state index contributed by atoms with van der Waals surface area (Å²) in [6.07, 6.45) is 24.3. The van der Waals surface area contributed by atoms with Crippen molar-refractivity contribution in [1.29, 1.82) is 0 Å². The zero-order valence-electron chi connectivity index (χ0n) is 24.1. The van der Waals surface area contributed by atoms with Crippen LogP contribution in [0.4, 0.5) is 0 Å². The Balaban J connectivity index is 4.24. The lowest BCUT2D eigenvalue weighted by Gasteiger charge is -2.24. The molecule has 0 aliphatic heterocycles. The van der Waals surface area contributed by atoms with E-state index >= 15 is 0 Å². The Bertz CT molecular complexity index is 539. The van der Waals surface area contributed by atoms with Crippen LogP contribution >= 0.6 is 20.2 Å². The Hall–Kier alpha value is -0.200. The molecule has 0 heterocycles. The molecule has 0 aromatic carbocycles. The predicted octanol–water partition coefficient (Wildman–Crippen LogP) is 8.98. The zero-order chi connectivity index (χ0) is 27.6. The summed E-state index contributed by atoms with van der Waals surface area (Å²) in [5, 5.41) is 19.0. The van der Waals surface area contributed by atoms with Crippen molar-refractivity contribution in [1.82, 2.24) is 0 Å². The van der Waals surface area contributed by atoms with E-state index in [1.165, 1.54) is 115 Å². The Morgan fingerprint density at radius 2 is 1.27 bits per heavy atom. The molecule has 0 aliphatic carbocycles. The normalized spacial score (nSPS) is 15.0. The van der Waals surface area contributed by atoms with Gasteiger partial charge in [0.1, 0.15) is 0 Å². The number of hydrogen-bond acceptors (Lipinski definition) is 6. The number of ether oxygens (including phenoxy) is 2. The smallest absolute Gasteiger partial charge is 0.377 e. The maximum absolute atomic E-state index is 10.9. The summed E-state index contributed by atoms with van der Waals surface area (Å²) in [6.45, 7) is 7.03. The summed E-state index contributed by atoms with van der Waals surface area (Å²) >= 11 is 2.04. The molecule has 220 valence electrons. The van der Waals surface area contributed by atoms with Crippen LogP contribution in [0, 0.1) is 0 Å². The van der Waals surface area contributed by atoms with E-state index in [-0.39, 0.29) is 12.7 Å². The molecule has 8 heteroatoms. The quantitative estimate of drug-likeness (QED) is 0.0532. The highest BCUT2D eigenvalue weighted by atomic mass is 32.2. The molecule has 0 rings (SSSR count). The number of unbranched alkanes of at least 4 members (excludes halogenated alkanes) is 15. The summed E-state index contributed by atoms with van der Waals surface area (Å²) in [7, 11) is -0.975. The van der Waals surface area contributed by atoms with Crippen molar-refractivity contribution in [2.24, 2.45) is 0 Å². The summed E-state index contributed by atoms with van der Waals surface area (Å²) in [6, 6.07) is 0. The fourth-order valence-electron chi connectivity index (χ4n) is 4.36. The molecule has 0 saturated heterocycles. The second-order valence-electron chi connectivity index (χ2n) is 10.3. The first-order chi connectivity index (χ1) is 17.9. The third-order valence-corrected chi connectivity index (χ3v) is 8.96. The van der Waals surface area contributed by atoms with E-state index < -0.39 is 20.0 Å². The fourth-order valence-corrected chi connectivity index (χ4v) is 5.94. The molecule has 6 nitrogen and oxygen atoms in total. The van der Waals surface area contributed by atoms with Gasteiger partial charge in [0.2, 0.25) is 8.46 Å². The van der Waals surface area contributed by atoms with E-state index in [2.05, 4.69) is 20.8 Å². The lowest BCUT2D eigenvalue weighted by molar-refractivity contribution is -0.190. The van der Waals surface area contributed by atoms with E-state index in [9.17, 15) is 14.5 Å². The SMILES string of the molecule is CCCCCCCCCCCCSC(CCCCCCCCC)C(C)OCCCOC(O)(P=O)C(=O)O. The third kappa shape index (κ3) is 21.3. The Morgan fingerprint density at radius 1 is 0.784 bits per heavy atom. The minimum Gasteiger partial charge on any atom is -0.477 e. The van der Waals surface area contributed by atoms with Crippen LogP contribution in [0.3, 0.4) is 0 Å².